The summed E-state index contributed by atoms with van der Waals surface area (Å²) in [4.78, 5) is 26.3. The summed E-state index contributed by atoms with van der Waals surface area (Å²) in [5, 5.41) is 9.19. The number of hydrogen-bond acceptors (Lipinski definition) is 4. The molecule has 0 radical (unpaired) electrons. The summed E-state index contributed by atoms with van der Waals surface area (Å²) in [6.45, 7) is 7.80. The van der Waals surface area contributed by atoms with Gasteiger partial charge in [0, 0.05) is 26.2 Å². The summed E-state index contributed by atoms with van der Waals surface area (Å²) in [5.41, 5.74) is 0. The van der Waals surface area contributed by atoms with Crippen molar-refractivity contribution in [3.05, 3.63) is 12.7 Å². The molecule has 1 fully saturated rings. The van der Waals surface area contributed by atoms with Crippen molar-refractivity contribution in [1.82, 2.24) is 9.80 Å². The molecule has 6 nitrogen and oxygen atoms in total. The minimum Gasteiger partial charge on any atom is -0.480 e. The van der Waals surface area contributed by atoms with Gasteiger partial charge in [-0.3, -0.25) is 9.69 Å². The number of hydrogen-bond donors (Lipinski definition) is 1. The van der Waals surface area contributed by atoms with E-state index in [1.54, 1.807) is 4.90 Å². The van der Waals surface area contributed by atoms with Crippen LogP contribution in [0.1, 0.15) is 19.8 Å². The number of rotatable bonds is 6. The van der Waals surface area contributed by atoms with E-state index < -0.39 is 12.0 Å². The highest BCUT2D eigenvalue weighted by Crippen LogP contribution is 2.12. The Kier molecular flexibility index (Phi) is 6.35. The molecular formula is C13H22N2O4. The van der Waals surface area contributed by atoms with E-state index in [-0.39, 0.29) is 12.7 Å². The molecule has 0 aromatic carbocycles. The number of aliphatic carboxylic acids is 1. The van der Waals surface area contributed by atoms with E-state index in [1.165, 1.54) is 6.08 Å². The molecule has 1 heterocycles. The molecule has 1 aliphatic heterocycles. The maximum absolute atomic E-state index is 11.6. The van der Waals surface area contributed by atoms with E-state index in [9.17, 15) is 14.7 Å². The Hall–Kier alpha value is -1.56. The first kappa shape index (κ1) is 15.5. The lowest BCUT2D eigenvalue weighted by Crippen LogP contribution is -2.54. The minimum absolute atomic E-state index is 0.201. The van der Waals surface area contributed by atoms with Crippen LogP contribution in [0, 0.1) is 0 Å². The van der Waals surface area contributed by atoms with Gasteiger partial charge in [-0.2, -0.15) is 0 Å². The highest BCUT2D eigenvalue weighted by Gasteiger charge is 2.29. The number of piperazine rings is 1. The Bertz CT molecular complexity index is 325. The van der Waals surface area contributed by atoms with Gasteiger partial charge in [0.05, 0.1) is 0 Å². The largest absolute Gasteiger partial charge is 0.480 e. The smallest absolute Gasteiger partial charge is 0.410 e. The molecule has 1 N–H and O–H groups in total. The van der Waals surface area contributed by atoms with Crippen LogP contribution >= 0.6 is 0 Å². The molecule has 1 saturated heterocycles. The van der Waals surface area contributed by atoms with Gasteiger partial charge in [0.25, 0.3) is 0 Å². The molecule has 0 saturated carbocycles. The fourth-order valence-corrected chi connectivity index (χ4v) is 2.17. The second-order valence-corrected chi connectivity index (χ2v) is 4.53. The Morgan fingerprint density at radius 2 is 2.00 bits per heavy atom. The highest BCUT2D eigenvalue weighted by molar-refractivity contribution is 5.73. The quantitative estimate of drug-likeness (QED) is 0.734. The third-order valence-electron chi connectivity index (χ3n) is 3.19. The van der Waals surface area contributed by atoms with Crippen molar-refractivity contribution in [3.8, 4) is 0 Å². The van der Waals surface area contributed by atoms with Gasteiger partial charge in [0.2, 0.25) is 0 Å². The van der Waals surface area contributed by atoms with Crippen LogP contribution in [0.15, 0.2) is 12.7 Å². The molecule has 0 aromatic heterocycles. The Labute approximate surface area is 113 Å². The van der Waals surface area contributed by atoms with Gasteiger partial charge in [-0.15, -0.1) is 0 Å². The molecule has 19 heavy (non-hydrogen) atoms. The average Bonchev–Trinajstić information content (AvgIpc) is 2.42. The van der Waals surface area contributed by atoms with Crippen molar-refractivity contribution in [1.29, 1.82) is 0 Å². The topological polar surface area (TPSA) is 70.1 Å². The summed E-state index contributed by atoms with van der Waals surface area (Å²) in [6.07, 6.45) is 2.63. The lowest BCUT2D eigenvalue weighted by molar-refractivity contribution is -0.144. The Morgan fingerprint density at radius 1 is 1.37 bits per heavy atom. The van der Waals surface area contributed by atoms with Crippen LogP contribution in [0.25, 0.3) is 0 Å². The fraction of sp³-hybridized carbons (Fsp3) is 0.692. The zero-order chi connectivity index (χ0) is 14.3. The van der Waals surface area contributed by atoms with Crippen LogP contribution < -0.4 is 0 Å². The van der Waals surface area contributed by atoms with Crippen LogP contribution in [0.4, 0.5) is 4.79 Å². The molecule has 1 amide bonds. The van der Waals surface area contributed by atoms with Crippen molar-refractivity contribution >= 4 is 12.1 Å². The number of nitrogens with zero attached hydrogens (tertiary/aromatic N) is 2. The summed E-state index contributed by atoms with van der Waals surface area (Å²) in [5.74, 6) is -0.787. The maximum atomic E-state index is 11.6. The second-order valence-electron chi connectivity index (χ2n) is 4.53. The molecule has 1 rings (SSSR count). The third-order valence-corrected chi connectivity index (χ3v) is 3.19. The van der Waals surface area contributed by atoms with Crippen LogP contribution in [0.3, 0.4) is 0 Å². The van der Waals surface area contributed by atoms with Gasteiger partial charge in [-0.1, -0.05) is 26.0 Å². The van der Waals surface area contributed by atoms with Crippen molar-refractivity contribution in [3.63, 3.8) is 0 Å². The zero-order valence-electron chi connectivity index (χ0n) is 11.4. The first-order valence-electron chi connectivity index (χ1n) is 6.59. The standard InChI is InChI=1S/C13H22N2O4/c1-3-5-11(12(16)17)14-6-8-15(9-7-14)13(18)19-10-4-2/h4,11H,2-3,5-10H2,1H3,(H,16,17). The predicted octanol–water partition coefficient (Wildman–Crippen LogP) is 1.18. The summed E-state index contributed by atoms with van der Waals surface area (Å²) in [7, 11) is 0. The van der Waals surface area contributed by atoms with Crippen molar-refractivity contribution in [2.75, 3.05) is 32.8 Å². The molecule has 0 spiro atoms. The van der Waals surface area contributed by atoms with E-state index in [0.717, 1.165) is 6.42 Å². The van der Waals surface area contributed by atoms with E-state index in [1.807, 2.05) is 11.8 Å². The van der Waals surface area contributed by atoms with E-state index >= 15 is 0 Å². The number of carbonyl (C=O) groups excluding carboxylic acids is 1. The average molecular weight is 270 g/mol. The van der Waals surface area contributed by atoms with Crippen LogP contribution in [0.2, 0.25) is 0 Å². The molecule has 1 atom stereocenters. The predicted molar refractivity (Wildman–Crippen MR) is 71.0 cm³/mol. The first-order chi connectivity index (χ1) is 9.10. The lowest BCUT2D eigenvalue weighted by Gasteiger charge is -2.37. The molecular weight excluding hydrogens is 248 g/mol. The van der Waals surface area contributed by atoms with Gasteiger partial charge in [0.15, 0.2) is 0 Å². The van der Waals surface area contributed by atoms with Gasteiger partial charge < -0.3 is 14.7 Å². The Balaban J connectivity index is 2.44. The van der Waals surface area contributed by atoms with Crippen molar-refractivity contribution in [2.24, 2.45) is 0 Å². The highest BCUT2D eigenvalue weighted by atomic mass is 16.6. The molecule has 1 aliphatic rings. The molecule has 0 aromatic rings. The summed E-state index contributed by atoms with van der Waals surface area (Å²) >= 11 is 0. The van der Waals surface area contributed by atoms with Crippen LogP contribution in [-0.4, -0.2) is 65.8 Å². The fourth-order valence-electron chi connectivity index (χ4n) is 2.17. The summed E-state index contributed by atoms with van der Waals surface area (Å²) < 4.78 is 4.96. The number of carbonyl (C=O) groups is 2. The molecule has 0 bridgehead atoms. The van der Waals surface area contributed by atoms with E-state index in [4.69, 9.17) is 4.74 Å². The monoisotopic (exact) mass is 270 g/mol. The molecule has 0 aliphatic carbocycles. The lowest BCUT2D eigenvalue weighted by atomic mass is 10.1. The normalized spacial score (nSPS) is 17.8. The molecule has 1 unspecified atom stereocenters. The van der Waals surface area contributed by atoms with E-state index in [0.29, 0.717) is 32.6 Å². The Morgan fingerprint density at radius 3 is 2.47 bits per heavy atom. The molecule has 6 heteroatoms. The third kappa shape index (κ3) is 4.55. The number of ether oxygens (including phenoxy) is 1. The van der Waals surface area contributed by atoms with Crippen molar-refractivity contribution < 1.29 is 19.4 Å². The van der Waals surface area contributed by atoms with Crippen LogP contribution in [0.5, 0.6) is 0 Å². The van der Waals surface area contributed by atoms with Crippen LogP contribution in [-0.2, 0) is 9.53 Å². The minimum atomic E-state index is -0.787. The van der Waals surface area contributed by atoms with Gasteiger partial charge in [-0.05, 0) is 6.42 Å². The van der Waals surface area contributed by atoms with Gasteiger partial charge in [-0.25, -0.2) is 4.79 Å². The SMILES string of the molecule is C=CCOC(=O)N1CCN(C(CCC)C(=O)O)CC1. The van der Waals surface area contributed by atoms with E-state index in [2.05, 4.69) is 6.58 Å². The summed E-state index contributed by atoms with van der Waals surface area (Å²) in [6, 6.07) is -0.448. The first-order valence-corrected chi connectivity index (χ1v) is 6.59. The molecule has 108 valence electrons. The zero-order valence-corrected chi connectivity index (χ0v) is 11.4. The van der Waals surface area contributed by atoms with Crippen molar-refractivity contribution in [2.45, 2.75) is 25.8 Å². The number of carboxylic acid groups (broad SMARTS) is 1. The number of amides is 1. The second kappa shape index (κ2) is 7.78. The van der Waals surface area contributed by atoms with Gasteiger partial charge >= 0.3 is 12.1 Å². The maximum Gasteiger partial charge on any atom is 0.410 e. The van der Waals surface area contributed by atoms with Gasteiger partial charge in [0.1, 0.15) is 12.6 Å². The number of carboxylic acids is 1.